The topological polar surface area (TPSA) is 37.9 Å². The third kappa shape index (κ3) is 3.22. The van der Waals surface area contributed by atoms with Crippen LogP contribution in [0.15, 0.2) is 55.0 Å². The van der Waals surface area contributed by atoms with Gasteiger partial charge in [-0.1, -0.05) is 41.9 Å². The Kier molecular flexibility index (Phi) is 4.28. The van der Waals surface area contributed by atoms with Gasteiger partial charge in [-0.3, -0.25) is 0 Å². The van der Waals surface area contributed by atoms with Crippen molar-refractivity contribution in [2.45, 2.75) is 13.3 Å². The van der Waals surface area contributed by atoms with E-state index in [1.807, 2.05) is 12.3 Å². The van der Waals surface area contributed by atoms with Gasteiger partial charge in [-0.25, -0.2) is 4.98 Å². The van der Waals surface area contributed by atoms with Crippen molar-refractivity contribution < 1.29 is 4.74 Å². The lowest BCUT2D eigenvalue weighted by Gasteiger charge is -2.12. The largest absolute Gasteiger partial charge is 0.493 e. The molecule has 110 valence electrons. The molecule has 0 saturated heterocycles. The van der Waals surface area contributed by atoms with E-state index in [0.29, 0.717) is 6.61 Å². The van der Waals surface area contributed by atoms with Crippen molar-refractivity contribution in [2.24, 2.45) is 0 Å². The Bertz CT molecular complexity index is 754. The summed E-state index contributed by atoms with van der Waals surface area (Å²) in [5, 5.41) is 0. The summed E-state index contributed by atoms with van der Waals surface area (Å²) in [4.78, 5) is 7.33. The molecule has 0 spiro atoms. The molecule has 0 unspecified atom stereocenters. The lowest BCUT2D eigenvalue weighted by molar-refractivity contribution is 0.323. The van der Waals surface area contributed by atoms with Crippen LogP contribution in [0.4, 0.5) is 0 Å². The van der Waals surface area contributed by atoms with Crippen molar-refractivity contribution in [3.8, 4) is 17.0 Å². The Hall–Kier alpha value is -2.49. The lowest BCUT2D eigenvalue weighted by Crippen LogP contribution is -2.07. The number of rotatable bonds is 5. The van der Waals surface area contributed by atoms with E-state index in [-0.39, 0.29) is 0 Å². The van der Waals surface area contributed by atoms with Crippen molar-refractivity contribution in [3.63, 3.8) is 0 Å². The second-order valence-electron chi connectivity index (χ2n) is 5.48. The summed E-state index contributed by atoms with van der Waals surface area (Å²) in [6.45, 7) is 2.79. The van der Waals surface area contributed by atoms with Gasteiger partial charge in [0.2, 0.25) is 0 Å². The number of nitrogens with zero attached hydrogens (tertiary/aromatic N) is 1. The molecule has 0 fully saturated rings. The number of aromatic nitrogens is 2. The number of imidazole rings is 1. The van der Waals surface area contributed by atoms with Gasteiger partial charge >= 0.3 is 0 Å². The van der Waals surface area contributed by atoms with Crippen LogP contribution in [0, 0.1) is 6.92 Å². The summed E-state index contributed by atoms with van der Waals surface area (Å²) in [5.41, 5.74) is 5.78. The van der Waals surface area contributed by atoms with Crippen molar-refractivity contribution in [2.75, 3.05) is 6.61 Å². The van der Waals surface area contributed by atoms with Gasteiger partial charge in [0.15, 0.2) is 0 Å². The fraction of sp³-hybridized carbons (Fsp3) is 0.167. The van der Waals surface area contributed by atoms with Crippen LogP contribution in [-0.2, 0) is 6.42 Å². The fourth-order valence-corrected chi connectivity index (χ4v) is 2.54. The highest BCUT2D eigenvalue weighted by Gasteiger charge is 2.09. The van der Waals surface area contributed by atoms with E-state index >= 15 is 0 Å². The monoisotopic (exact) mass is 290 g/mol. The molecule has 0 aliphatic heterocycles. The fourth-order valence-electron chi connectivity index (χ4n) is 2.54. The van der Waals surface area contributed by atoms with Crippen molar-refractivity contribution in [1.29, 1.82) is 0 Å². The average molecular weight is 290 g/mol. The Morgan fingerprint density at radius 2 is 2.05 bits per heavy atom. The van der Waals surface area contributed by atoms with Crippen LogP contribution in [0.1, 0.15) is 11.1 Å². The molecule has 3 rings (SSSR count). The summed E-state index contributed by atoms with van der Waals surface area (Å²) < 4.78 is 6.02. The molecule has 0 aliphatic rings. The summed E-state index contributed by atoms with van der Waals surface area (Å²) >= 11 is 0. The predicted molar refractivity (Wildman–Crippen MR) is 92.6 cm³/mol. The number of H-pyrrole nitrogens is 1. The maximum Gasteiger partial charge on any atom is 0.139 e. The van der Waals surface area contributed by atoms with Crippen LogP contribution in [0.25, 0.3) is 11.3 Å². The molecule has 3 aromatic rings. The summed E-state index contributed by atoms with van der Waals surface area (Å²) in [5.74, 6) is 0.881. The quantitative estimate of drug-likeness (QED) is 0.732. The van der Waals surface area contributed by atoms with Gasteiger partial charge in [0.25, 0.3) is 0 Å². The highest BCUT2D eigenvalue weighted by molar-refractivity contribution is 6.32. The van der Waals surface area contributed by atoms with Gasteiger partial charge in [0.1, 0.15) is 13.6 Å². The summed E-state index contributed by atoms with van der Waals surface area (Å²) in [6, 6.07) is 14.6. The van der Waals surface area contributed by atoms with E-state index in [4.69, 9.17) is 4.74 Å². The molecular formula is C18H19BN2O. The molecule has 3 nitrogen and oxygen atoms in total. The molecule has 1 N–H and O–H groups in total. The van der Waals surface area contributed by atoms with Crippen LogP contribution in [-0.4, -0.2) is 24.4 Å². The first kappa shape index (κ1) is 14.5. The van der Waals surface area contributed by atoms with Gasteiger partial charge in [0, 0.05) is 18.2 Å². The van der Waals surface area contributed by atoms with E-state index in [1.54, 1.807) is 6.33 Å². The van der Waals surface area contributed by atoms with Gasteiger partial charge in [-0.15, -0.1) is 0 Å². The molecule has 0 saturated carbocycles. The van der Waals surface area contributed by atoms with E-state index < -0.39 is 0 Å². The zero-order chi connectivity index (χ0) is 15.4. The number of ether oxygens (including phenoxy) is 1. The third-order valence-electron chi connectivity index (χ3n) is 3.80. The molecule has 2 aromatic carbocycles. The highest BCUT2D eigenvalue weighted by Crippen LogP contribution is 2.27. The molecule has 4 heteroatoms. The first-order valence-corrected chi connectivity index (χ1v) is 7.51. The normalized spacial score (nSPS) is 10.6. The highest BCUT2D eigenvalue weighted by atomic mass is 16.5. The number of hydrogen-bond acceptors (Lipinski definition) is 2. The van der Waals surface area contributed by atoms with E-state index in [9.17, 15) is 0 Å². The minimum absolute atomic E-state index is 0.658. The molecule has 0 aliphatic carbocycles. The standard InChI is InChI=1S/C18H19BN2O/c1-13-4-2-3-5-14(13)8-9-22-18-7-6-15(19)10-16(18)17-11-20-12-21-17/h2-7,10-12H,8-9,19H2,1H3,(H,20,21). The molecule has 0 bridgehead atoms. The maximum absolute atomic E-state index is 6.02. The first-order valence-electron chi connectivity index (χ1n) is 7.51. The van der Waals surface area contributed by atoms with Crippen LogP contribution < -0.4 is 10.2 Å². The Balaban J connectivity index is 1.74. The van der Waals surface area contributed by atoms with E-state index in [1.165, 1.54) is 16.6 Å². The van der Waals surface area contributed by atoms with Crippen molar-refractivity contribution in [1.82, 2.24) is 9.97 Å². The molecule has 1 heterocycles. The zero-order valence-electron chi connectivity index (χ0n) is 13.0. The molecule has 0 radical (unpaired) electrons. The first-order chi connectivity index (χ1) is 10.7. The Labute approximate surface area is 131 Å². The maximum atomic E-state index is 6.02. The van der Waals surface area contributed by atoms with E-state index in [0.717, 1.165) is 23.4 Å². The van der Waals surface area contributed by atoms with Crippen molar-refractivity contribution >= 4 is 13.3 Å². The third-order valence-corrected chi connectivity index (χ3v) is 3.80. The summed E-state index contributed by atoms with van der Waals surface area (Å²) in [6.07, 6.45) is 4.48. The van der Waals surface area contributed by atoms with Crippen LogP contribution in [0.2, 0.25) is 0 Å². The second kappa shape index (κ2) is 6.52. The van der Waals surface area contributed by atoms with Crippen molar-refractivity contribution in [3.05, 3.63) is 66.1 Å². The minimum atomic E-state index is 0.658. The smallest absolute Gasteiger partial charge is 0.139 e. The number of aryl methyl sites for hydroxylation is 1. The van der Waals surface area contributed by atoms with E-state index in [2.05, 4.69) is 61.1 Å². The zero-order valence-corrected chi connectivity index (χ0v) is 13.0. The predicted octanol–water partition coefficient (Wildman–Crippen LogP) is 2.27. The van der Waals surface area contributed by atoms with Crippen LogP contribution in [0.3, 0.4) is 0 Å². The average Bonchev–Trinajstić information content (AvgIpc) is 3.05. The van der Waals surface area contributed by atoms with Gasteiger partial charge in [-0.05, 0) is 24.1 Å². The molecule has 1 aromatic heterocycles. The molecular weight excluding hydrogens is 271 g/mol. The van der Waals surface area contributed by atoms with Gasteiger partial charge in [0.05, 0.1) is 18.6 Å². The number of benzene rings is 2. The van der Waals surface area contributed by atoms with Gasteiger partial charge < -0.3 is 9.72 Å². The summed E-state index contributed by atoms with van der Waals surface area (Å²) in [7, 11) is 2.08. The SMILES string of the molecule is Bc1ccc(OCCc2ccccc2C)c(-c2c[nH]cn2)c1. The number of nitrogens with one attached hydrogen (secondary N) is 1. The molecule has 0 amide bonds. The Morgan fingerprint density at radius 3 is 2.82 bits per heavy atom. The number of hydrogen-bond donors (Lipinski definition) is 1. The van der Waals surface area contributed by atoms with Gasteiger partial charge in [-0.2, -0.15) is 0 Å². The van der Waals surface area contributed by atoms with Crippen LogP contribution >= 0.6 is 0 Å². The van der Waals surface area contributed by atoms with Crippen LogP contribution in [0.5, 0.6) is 5.75 Å². The minimum Gasteiger partial charge on any atom is -0.493 e. The molecule has 22 heavy (non-hydrogen) atoms. The second-order valence-corrected chi connectivity index (χ2v) is 5.48. The number of aromatic amines is 1. The Morgan fingerprint density at radius 1 is 1.18 bits per heavy atom. The lowest BCUT2D eigenvalue weighted by atomic mass is 9.93. The molecule has 0 atom stereocenters.